The topological polar surface area (TPSA) is 60.7 Å². The summed E-state index contributed by atoms with van der Waals surface area (Å²) in [4.78, 5) is 1.05. The van der Waals surface area contributed by atoms with E-state index < -0.39 is 18.3 Å². The molecule has 1 aromatic heterocycles. The molecule has 78 valence electrons. The molecule has 0 radical (unpaired) electrons. The number of hydrogen-bond donors (Lipinski definition) is 3. The van der Waals surface area contributed by atoms with Crippen molar-refractivity contribution >= 4 is 23.1 Å². The average molecular weight is 232 g/mol. The summed E-state index contributed by atoms with van der Waals surface area (Å²) in [6.07, 6.45) is -2.71. The fraction of sp³-hybridized carbons (Fsp3) is 0.556. The lowest BCUT2D eigenvalue weighted by Crippen LogP contribution is -2.45. The van der Waals surface area contributed by atoms with E-state index in [2.05, 4.69) is 0 Å². The van der Waals surface area contributed by atoms with E-state index in [0.29, 0.717) is 5.75 Å². The Hall–Kier alpha value is -0.0700. The zero-order valence-corrected chi connectivity index (χ0v) is 9.04. The maximum absolute atomic E-state index is 9.76. The predicted molar refractivity (Wildman–Crippen MR) is 57.5 cm³/mol. The molecule has 0 aliphatic carbocycles. The molecule has 1 aromatic rings. The third kappa shape index (κ3) is 1.83. The van der Waals surface area contributed by atoms with Gasteiger partial charge in [-0.25, -0.2) is 0 Å². The highest BCUT2D eigenvalue weighted by Crippen LogP contribution is 2.40. The fourth-order valence-corrected chi connectivity index (χ4v) is 3.83. The third-order valence-electron chi connectivity index (χ3n) is 2.32. The van der Waals surface area contributed by atoms with Gasteiger partial charge in [-0.1, -0.05) is 6.07 Å². The lowest BCUT2D eigenvalue weighted by atomic mass is 10.0. The van der Waals surface area contributed by atoms with E-state index in [1.54, 1.807) is 11.3 Å². The van der Waals surface area contributed by atoms with E-state index in [9.17, 15) is 15.3 Å². The second kappa shape index (κ2) is 4.20. The summed E-state index contributed by atoms with van der Waals surface area (Å²) < 4.78 is 0. The van der Waals surface area contributed by atoms with Gasteiger partial charge in [0.2, 0.25) is 0 Å². The first kappa shape index (κ1) is 10.4. The summed E-state index contributed by atoms with van der Waals surface area (Å²) in [5, 5.41) is 30.4. The minimum Gasteiger partial charge on any atom is -0.389 e. The second-order valence-corrected chi connectivity index (χ2v) is 5.47. The molecule has 0 amide bonds. The van der Waals surface area contributed by atoms with Crippen LogP contribution in [0.15, 0.2) is 17.5 Å². The lowest BCUT2D eigenvalue weighted by molar-refractivity contribution is -0.0552. The summed E-state index contributed by atoms with van der Waals surface area (Å²) in [5.74, 6) is 0.473. The van der Waals surface area contributed by atoms with E-state index in [1.807, 2.05) is 17.5 Å². The Bertz CT molecular complexity index is 288. The molecule has 0 aromatic carbocycles. The van der Waals surface area contributed by atoms with Crippen LogP contribution in [0.2, 0.25) is 0 Å². The first-order valence-corrected chi connectivity index (χ1v) is 6.32. The number of thioether (sulfide) groups is 1. The van der Waals surface area contributed by atoms with Crippen molar-refractivity contribution in [1.82, 2.24) is 0 Å². The summed E-state index contributed by atoms with van der Waals surface area (Å²) in [7, 11) is 0. The van der Waals surface area contributed by atoms with Gasteiger partial charge in [0.1, 0.15) is 6.10 Å². The maximum atomic E-state index is 9.76. The normalized spacial score (nSPS) is 38.5. The van der Waals surface area contributed by atoms with Crippen molar-refractivity contribution in [2.45, 2.75) is 23.6 Å². The molecule has 3 N–H and O–H groups in total. The summed E-state index contributed by atoms with van der Waals surface area (Å²) >= 11 is 3.05. The van der Waals surface area contributed by atoms with Crippen molar-refractivity contribution in [3.63, 3.8) is 0 Å². The minimum absolute atomic E-state index is 0.103. The molecule has 14 heavy (non-hydrogen) atoms. The molecular formula is C9H12O3S2. The van der Waals surface area contributed by atoms with Crippen LogP contribution >= 0.6 is 23.1 Å². The fourth-order valence-electron chi connectivity index (χ4n) is 1.51. The largest absolute Gasteiger partial charge is 0.389 e. The molecule has 0 spiro atoms. The molecule has 4 atom stereocenters. The predicted octanol–water partition coefficient (Wildman–Crippen LogP) is 0.619. The van der Waals surface area contributed by atoms with Crippen LogP contribution in [0, 0.1) is 0 Å². The standard InChI is InChI=1S/C9H12O3S2/c10-5-4-14-9(8(12)7(5)11)6-2-1-3-13-6/h1-3,5,7-12H,4H2/t5-,7+,8-,9+/m1/s1. The van der Waals surface area contributed by atoms with Crippen molar-refractivity contribution in [2.75, 3.05) is 5.75 Å². The van der Waals surface area contributed by atoms with Gasteiger partial charge in [0.25, 0.3) is 0 Å². The molecule has 1 saturated heterocycles. The molecule has 1 aliphatic rings. The summed E-state index contributed by atoms with van der Waals surface area (Å²) in [6, 6.07) is 3.86. The minimum atomic E-state index is -1.02. The van der Waals surface area contributed by atoms with E-state index >= 15 is 0 Å². The monoisotopic (exact) mass is 232 g/mol. The average Bonchev–Trinajstić information content (AvgIpc) is 2.67. The van der Waals surface area contributed by atoms with E-state index in [4.69, 9.17) is 0 Å². The molecule has 2 heterocycles. The van der Waals surface area contributed by atoms with Crippen molar-refractivity contribution in [2.24, 2.45) is 0 Å². The highest BCUT2D eigenvalue weighted by molar-refractivity contribution is 7.99. The zero-order chi connectivity index (χ0) is 10.1. The summed E-state index contributed by atoms with van der Waals surface area (Å²) in [6.45, 7) is 0. The van der Waals surface area contributed by atoms with Crippen molar-refractivity contribution in [3.8, 4) is 0 Å². The number of aliphatic hydroxyl groups excluding tert-OH is 3. The van der Waals surface area contributed by atoms with Crippen LogP contribution in [-0.4, -0.2) is 39.4 Å². The zero-order valence-electron chi connectivity index (χ0n) is 7.41. The highest BCUT2D eigenvalue weighted by atomic mass is 32.2. The smallest absolute Gasteiger partial charge is 0.108 e. The van der Waals surface area contributed by atoms with E-state index in [0.717, 1.165) is 4.88 Å². The molecule has 3 nitrogen and oxygen atoms in total. The van der Waals surface area contributed by atoms with Crippen molar-refractivity contribution in [1.29, 1.82) is 0 Å². The van der Waals surface area contributed by atoms with Gasteiger partial charge < -0.3 is 15.3 Å². The molecule has 0 unspecified atom stereocenters. The lowest BCUT2D eigenvalue weighted by Gasteiger charge is -2.34. The first-order chi connectivity index (χ1) is 6.70. The molecule has 0 saturated carbocycles. The molecular weight excluding hydrogens is 220 g/mol. The Morgan fingerprint density at radius 3 is 2.64 bits per heavy atom. The van der Waals surface area contributed by atoms with Crippen LogP contribution in [0.25, 0.3) is 0 Å². The Labute approximate surface area is 90.4 Å². The highest BCUT2D eigenvalue weighted by Gasteiger charge is 2.38. The molecule has 2 rings (SSSR count). The molecule has 1 aliphatic heterocycles. The second-order valence-electron chi connectivity index (χ2n) is 3.32. The van der Waals surface area contributed by atoms with E-state index in [1.165, 1.54) is 11.8 Å². The van der Waals surface area contributed by atoms with Crippen LogP contribution < -0.4 is 0 Å². The van der Waals surface area contributed by atoms with Gasteiger partial charge in [0, 0.05) is 10.6 Å². The Morgan fingerprint density at radius 2 is 2.00 bits per heavy atom. The number of thiophene rings is 1. The van der Waals surface area contributed by atoms with Crippen LogP contribution in [0.3, 0.4) is 0 Å². The van der Waals surface area contributed by atoms with Gasteiger partial charge in [-0.15, -0.1) is 23.1 Å². The first-order valence-electron chi connectivity index (χ1n) is 4.39. The van der Waals surface area contributed by atoms with Gasteiger partial charge >= 0.3 is 0 Å². The van der Waals surface area contributed by atoms with Gasteiger partial charge in [0.05, 0.1) is 17.5 Å². The van der Waals surface area contributed by atoms with Gasteiger partial charge in [-0.3, -0.25) is 0 Å². The van der Waals surface area contributed by atoms with Crippen LogP contribution in [0.5, 0.6) is 0 Å². The van der Waals surface area contributed by atoms with E-state index in [-0.39, 0.29) is 5.25 Å². The quantitative estimate of drug-likeness (QED) is 0.664. The molecule has 0 bridgehead atoms. The number of hydrogen-bond acceptors (Lipinski definition) is 5. The summed E-state index contributed by atoms with van der Waals surface area (Å²) in [5.41, 5.74) is 0. The Balaban J connectivity index is 2.14. The van der Waals surface area contributed by atoms with Gasteiger partial charge in [-0.2, -0.15) is 0 Å². The molecule has 1 fully saturated rings. The number of rotatable bonds is 1. The van der Waals surface area contributed by atoms with Gasteiger partial charge in [-0.05, 0) is 11.4 Å². The van der Waals surface area contributed by atoms with Crippen LogP contribution in [-0.2, 0) is 0 Å². The van der Waals surface area contributed by atoms with Crippen molar-refractivity contribution < 1.29 is 15.3 Å². The van der Waals surface area contributed by atoms with Crippen LogP contribution in [0.1, 0.15) is 10.1 Å². The Kier molecular flexibility index (Phi) is 3.14. The van der Waals surface area contributed by atoms with Crippen LogP contribution in [0.4, 0.5) is 0 Å². The Morgan fingerprint density at radius 1 is 1.21 bits per heavy atom. The van der Waals surface area contributed by atoms with Crippen molar-refractivity contribution in [3.05, 3.63) is 22.4 Å². The third-order valence-corrected chi connectivity index (χ3v) is 4.85. The SMILES string of the molecule is O[C@@H]1[C@@H](O)[C@H](c2cccs2)SC[C@H]1O. The maximum Gasteiger partial charge on any atom is 0.108 e. The molecule has 5 heteroatoms. The van der Waals surface area contributed by atoms with Gasteiger partial charge in [0.15, 0.2) is 0 Å². The number of aliphatic hydroxyl groups is 3.